The molecule has 17 heteroatoms. The van der Waals surface area contributed by atoms with Crippen molar-refractivity contribution in [2.45, 2.75) is 42.3 Å². The van der Waals surface area contributed by atoms with E-state index in [9.17, 15) is 18.5 Å². The number of aromatic nitrogens is 1. The number of amides is 3. The van der Waals surface area contributed by atoms with Gasteiger partial charge in [-0.2, -0.15) is 9.57 Å². The number of pyridine rings is 1. The Kier molecular flexibility index (Phi) is 10.4. The molecule has 3 fully saturated rings. The molecule has 0 saturated carbocycles. The van der Waals surface area contributed by atoms with Gasteiger partial charge in [0.1, 0.15) is 28.3 Å². The van der Waals surface area contributed by atoms with E-state index in [2.05, 4.69) is 20.1 Å². The van der Waals surface area contributed by atoms with E-state index in [0.717, 1.165) is 51.3 Å². The van der Waals surface area contributed by atoms with E-state index in [1.165, 1.54) is 50.7 Å². The van der Waals surface area contributed by atoms with Crippen molar-refractivity contribution in [2.75, 3.05) is 77.6 Å². The molecule has 1 atom stereocenters. The number of likely N-dealkylation sites (tertiary alicyclic amines) is 1. The minimum atomic E-state index is -4.89. The van der Waals surface area contributed by atoms with Gasteiger partial charge in [0.2, 0.25) is 5.88 Å². The van der Waals surface area contributed by atoms with Gasteiger partial charge in [-0.25, -0.2) is 22.6 Å². The van der Waals surface area contributed by atoms with Crippen LogP contribution in [-0.2, 0) is 25.1 Å². The van der Waals surface area contributed by atoms with Crippen LogP contribution in [0.5, 0.6) is 17.4 Å². The number of carbonyl (C=O) groups excluding carboxylic acids is 2. The van der Waals surface area contributed by atoms with E-state index in [4.69, 9.17) is 18.9 Å². The van der Waals surface area contributed by atoms with Crippen molar-refractivity contribution >= 4 is 27.6 Å². The predicted octanol–water partition coefficient (Wildman–Crippen LogP) is 2.68. The second kappa shape index (κ2) is 15.0. The number of halogens is 1. The lowest BCUT2D eigenvalue weighted by atomic mass is 9.83. The summed E-state index contributed by atoms with van der Waals surface area (Å²) in [5, 5.41) is 12.8. The number of fused-ring (bicyclic) bond motifs is 1. The number of rotatable bonds is 10. The summed E-state index contributed by atoms with van der Waals surface area (Å²) >= 11 is 0. The topological polar surface area (TPSA) is 167 Å². The molecule has 4 aliphatic heterocycles. The highest BCUT2D eigenvalue weighted by Gasteiger charge is 2.59. The van der Waals surface area contributed by atoms with Gasteiger partial charge >= 0.3 is 6.03 Å². The van der Waals surface area contributed by atoms with E-state index in [1.54, 1.807) is 17.9 Å². The van der Waals surface area contributed by atoms with E-state index in [-0.39, 0.29) is 35.1 Å². The van der Waals surface area contributed by atoms with Crippen molar-refractivity contribution in [3.05, 3.63) is 71.2 Å². The Bertz CT molecular complexity index is 2080. The van der Waals surface area contributed by atoms with Gasteiger partial charge in [0, 0.05) is 69.2 Å². The van der Waals surface area contributed by atoms with E-state index < -0.39 is 49.5 Å². The van der Waals surface area contributed by atoms with Gasteiger partial charge in [0.25, 0.3) is 15.9 Å². The molecule has 0 bridgehead atoms. The Morgan fingerprint density at radius 2 is 1.74 bits per heavy atom. The highest BCUT2D eigenvalue weighted by Crippen LogP contribution is 2.50. The molecule has 1 aromatic heterocycles. The smallest absolute Gasteiger partial charge is 0.318 e. The Morgan fingerprint density at radius 1 is 1.02 bits per heavy atom. The standard InChI is InChI=1S/C37H42FN7O8S/c1-4-53-34-28(6-5-11-40-34)37(41-36(47)44-16-14-43(15-17-44)25-9-12-42(13-10-25)26-22-52-23-26)29-18-24(21-39)30(38)20-31(29)45(35(37)46)54(48,49)33-8-7-27(50-2)19-32(33)51-3/h5-8,11,18-20,25-26H,4,9-10,12-17,22-23H2,1-3H3,(H,41,47)/t37-/m1/s1. The van der Waals surface area contributed by atoms with Gasteiger partial charge in [-0.3, -0.25) is 14.6 Å². The van der Waals surface area contributed by atoms with Crippen LogP contribution in [0.1, 0.15) is 36.5 Å². The van der Waals surface area contributed by atoms with E-state index >= 15 is 9.18 Å². The van der Waals surface area contributed by atoms with Crippen LogP contribution in [0.2, 0.25) is 0 Å². The fourth-order valence-electron chi connectivity index (χ4n) is 7.77. The molecule has 3 aromatic rings. The summed E-state index contributed by atoms with van der Waals surface area (Å²) in [6, 6.07) is 10.8. The van der Waals surface area contributed by atoms with E-state index in [1.807, 2.05) is 0 Å². The molecule has 3 amide bonds. The number of sulfonamides is 1. The number of carbonyl (C=O) groups is 2. The van der Waals surface area contributed by atoms with Gasteiger partial charge in [0.05, 0.1) is 56.9 Å². The lowest BCUT2D eigenvalue weighted by Gasteiger charge is -2.46. The number of nitrogens with one attached hydrogen (secondary N) is 1. The summed E-state index contributed by atoms with van der Waals surface area (Å²) in [7, 11) is -2.23. The summed E-state index contributed by atoms with van der Waals surface area (Å²) in [6.45, 7) is 7.23. The quantitative estimate of drug-likeness (QED) is 0.321. The van der Waals surface area contributed by atoms with Crippen molar-refractivity contribution in [3.63, 3.8) is 0 Å². The number of hydrogen-bond acceptors (Lipinski definition) is 12. The average Bonchev–Trinajstić information content (AvgIpc) is 3.40. The van der Waals surface area contributed by atoms with Gasteiger partial charge in [-0.05, 0) is 50.1 Å². The van der Waals surface area contributed by atoms with Crippen molar-refractivity contribution in [1.29, 1.82) is 5.26 Å². The molecule has 7 rings (SSSR count). The van der Waals surface area contributed by atoms with Crippen LogP contribution in [-0.4, -0.2) is 125 Å². The number of nitrogens with zero attached hydrogens (tertiary/aromatic N) is 6. The van der Waals surface area contributed by atoms with Crippen LogP contribution in [0.4, 0.5) is 14.9 Å². The van der Waals surface area contributed by atoms with Gasteiger partial charge in [0.15, 0.2) is 5.54 Å². The first-order valence-corrected chi connectivity index (χ1v) is 19.3. The second-order valence-electron chi connectivity index (χ2n) is 13.5. The zero-order chi connectivity index (χ0) is 38.2. The van der Waals surface area contributed by atoms with Crippen LogP contribution >= 0.6 is 0 Å². The SMILES string of the molecule is CCOc1ncccc1[C@]1(NC(=O)N2CCN(C3CCN(C4COC4)CC3)CC2)C(=O)N(S(=O)(=O)c2ccc(OC)cc2OC)c2cc(F)c(C#N)cc21. The van der Waals surface area contributed by atoms with Crippen LogP contribution in [0, 0.1) is 17.1 Å². The first-order chi connectivity index (χ1) is 26.1. The van der Waals surface area contributed by atoms with Crippen LogP contribution in [0.25, 0.3) is 0 Å². The molecule has 0 aliphatic carbocycles. The molecule has 1 N–H and O–H groups in total. The molecule has 2 aromatic carbocycles. The number of piperazine rings is 1. The number of anilines is 1. The van der Waals surface area contributed by atoms with Crippen molar-refractivity contribution in [1.82, 2.24) is 25.0 Å². The summed E-state index contributed by atoms with van der Waals surface area (Å²) in [5.41, 5.74) is -3.33. The Balaban J connectivity index is 1.27. The maximum absolute atomic E-state index is 15.5. The van der Waals surface area contributed by atoms with Gasteiger partial charge in [-0.15, -0.1) is 0 Å². The second-order valence-corrected chi connectivity index (χ2v) is 15.3. The summed E-state index contributed by atoms with van der Waals surface area (Å²) in [4.78, 5) is 40.0. The minimum Gasteiger partial charge on any atom is -0.497 e. The van der Waals surface area contributed by atoms with Crippen LogP contribution in [0.3, 0.4) is 0 Å². The molecule has 0 spiro atoms. The third kappa shape index (κ3) is 6.36. The zero-order valence-electron chi connectivity index (χ0n) is 30.3. The molecule has 15 nitrogen and oxygen atoms in total. The number of hydrogen-bond donors (Lipinski definition) is 1. The monoisotopic (exact) mass is 763 g/mol. The number of nitriles is 1. The summed E-state index contributed by atoms with van der Waals surface area (Å²) in [5.74, 6) is -2.14. The molecule has 4 aliphatic rings. The maximum Gasteiger partial charge on any atom is 0.318 e. The van der Waals surface area contributed by atoms with Gasteiger partial charge in [-0.1, -0.05) is 0 Å². The van der Waals surface area contributed by atoms with E-state index in [0.29, 0.717) is 42.6 Å². The van der Waals surface area contributed by atoms with Crippen molar-refractivity contribution in [2.24, 2.45) is 0 Å². The molecule has 0 unspecified atom stereocenters. The normalized spacial score (nSPS) is 21.3. The molecule has 3 saturated heterocycles. The first-order valence-electron chi connectivity index (χ1n) is 17.8. The number of ether oxygens (including phenoxy) is 4. The number of piperidine rings is 1. The Labute approximate surface area is 313 Å². The third-order valence-corrected chi connectivity index (χ3v) is 12.5. The highest BCUT2D eigenvalue weighted by molar-refractivity contribution is 7.93. The largest absolute Gasteiger partial charge is 0.497 e. The lowest BCUT2D eigenvalue weighted by Crippen LogP contribution is -2.61. The predicted molar refractivity (Wildman–Crippen MR) is 192 cm³/mol. The van der Waals surface area contributed by atoms with Gasteiger partial charge < -0.3 is 29.2 Å². The molecule has 286 valence electrons. The zero-order valence-corrected chi connectivity index (χ0v) is 31.1. The third-order valence-electron chi connectivity index (χ3n) is 10.7. The maximum atomic E-state index is 15.5. The van der Waals surface area contributed by atoms with Crippen molar-refractivity contribution in [3.8, 4) is 23.4 Å². The number of methoxy groups -OCH3 is 2. The lowest BCUT2D eigenvalue weighted by molar-refractivity contribution is -0.121. The number of benzene rings is 2. The minimum absolute atomic E-state index is 0.00334. The molecule has 5 heterocycles. The molecular formula is C37H42FN7O8S. The Morgan fingerprint density at radius 3 is 2.37 bits per heavy atom. The molecule has 54 heavy (non-hydrogen) atoms. The summed E-state index contributed by atoms with van der Waals surface area (Å²) < 4.78 is 67.1. The van der Waals surface area contributed by atoms with Crippen LogP contribution < -0.4 is 23.8 Å². The first kappa shape index (κ1) is 37.3. The van der Waals surface area contributed by atoms with Crippen molar-refractivity contribution < 1.29 is 41.3 Å². The fraction of sp³-hybridized carbons (Fsp3) is 0.459. The number of urea groups is 1. The highest BCUT2D eigenvalue weighted by atomic mass is 32.2. The molecular weight excluding hydrogens is 722 g/mol. The van der Waals surface area contributed by atoms with Crippen LogP contribution in [0.15, 0.2) is 53.6 Å². The summed E-state index contributed by atoms with van der Waals surface area (Å²) in [6.07, 6.45) is 3.45. The molecule has 0 radical (unpaired) electrons. The Hall–Kier alpha value is -5.02. The average molecular weight is 764 g/mol. The fourth-order valence-corrected chi connectivity index (χ4v) is 9.37.